The van der Waals surface area contributed by atoms with E-state index < -0.39 is 10.0 Å². The largest absolute Gasteiger partial charge is 0.326 e. The number of aromatic nitrogens is 1. The lowest BCUT2D eigenvalue weighted by Crippen LogP contribution is -2.32. The number of hydrogen-bond donors (Lipinski definition) is 2. The monoisotopic (exact) mass is 530 g/mol. The number of sulfonamides is 1. The van der Waals surface area contributed by atoms with E-state index in [1.54, 1.807) is 42.6 Å². The molecule has 0 radical (unpaired) electrons. The quantitative estimate of drug-likeness (QED) is 0.362. The summed E-state index contributed by atoms with van der Waals surface area (Å²) in [6.07, 6.45) is 6.88. The first kappa shape index (κ1) is 25.8. The number of carbonyl (C=O) groups excluding carboxylic acids is 1. The van der Waals surface area contributed by atoms with Gasteiger partial charge in [-0.3, -0.25) is 19.3 Å². The van der Waals surface area contributed by atoms with Crippen molar-refractivity contribution in [3.05, 3.63) is 77.1 Å². The summed E-state index contributed by atoms with van der Waals surface area (Å²) in [4.78, 5) is 33.0. The van der Waals surface area contributed by atoms with Gasteiger partial charge < -0.3 is 10.2 Å². The molecule has 1 aliphatic heterocycles. The molecular formula is C29H30N4O4S. The Morgan fingerprint density at radius 3 is 2.50 bits per heavy atom. The molecule has 0 spiro atoms. The molecule has 1 aromatic heterocycles. The number of pyridine rings is 1. The van der Waals surface area contributed by atoms with Crippen molar-refractivity contribution in [3.63, 3.8) is 0 Å². The van der Waals surface area contributed by atoms with E-state index in [0.29, 0.717) is 39.5 Å². The molecule has 0 saturated carbocycles. The average molecular weight is 531 g/mol. The van der Waals surface area contributed by atoms with Gasteiger partial charge in [0, 0.05) is 46.9 Å². The second-order valence-electron chi connectivity index (χ2n) is 9.78. The van der Waals surface area contributed by atoms with Crippen LogP contribution in [0.2, 0.25) is 0 Å². The molecule has 4 aromatic rings. The molecule has 0 aliphatic carbocycles. The maximum absolute atomic E-state index is 13.5. The molecule has 2 N–H and O–H groups in total. The number of amides is 1. The van der Waals surface area contributed by atoms with Gasteiger partial charge in [-0.05, 0) is 73.3 Å². The van der Waals surface area contributed by atoms with Gasteiger partial charge >= 0.3 is 0 Å². The van der Waals surface area contributed by atoms with E-state index in [-0.39, 0.29) is 11.3 Å². The molecule has 5 rings (SSSR count). The Hall–Kier alpha value is -3.82. The number of benzene rings is 2. The highest BCUT2D eigenvalue weighted by Crippen LogP contribution is 2.26. The Kier molecular flexibility index (Phi) is 7.40. The Bertz CT molecular complexity index is 1680. The number of carbonyl (C=O) groups is 1. The lowest BCUT2D eigenvalue weighted by atomic mass is 10.0. The molecule has 196 valence electrons. The van der Waals surface area contributed by atoms with Gasteiger partial charge in [-0.1, -0.05) is 30.7 Å². The van der Waals surface area contributed by atoms with E-state index in [1.165, 1.54) is 19.3 Å². The van der Waals surface area contributed by atoms with Crippen molar-refractivity contribution in [1.29, 1.82) is 0 Å². The summed E-state index contributed by atoms with van der Waals surface area (Å²) in [5.41, 5.74) is 2.87. The van der Waals surface area contributed by atoms with Crippen molar-refractivity contribution < 1.29 is 13.2 Å². The number of anilines is 2. The SMILES string of the molecule is CS(=O)(=O)Nc1ccc2ccc3ncc(-c4cccc(NC(=O)CCN5CCCCC5)c4)cc3c(=O)c2c1. The smallest absolute Gasteiger partial charge is 0.229 e. The van der Waals surface area contributed by atoms with E-state index in [4.69, 9.17) is 0 Å². The normalized spacial score (nSPS) is 14.4. The minimum absolute atomic E-state index is 0.0248. The standard InChI is InChI=1S/C29H30N4O4S/c1-38(36,37)32-24-10-8-20-9-11-27-26(29(35)25(20)18-24)17-22(19-30-27)21-6-5-7-23(16-21)31-28(34)12-15-33-13-3-2-4-14-33/h5-11,16-19,32H,2-4,12-15H2,1H3,(H,31,34). The fraction of sp³-hybridized carbons (Fsp3) is 0.276. The molecular weight excluding hydrogens is 500 g/mol. The first-order valence-electron chi connectivity index (χ1n) is 12.7. The van der Waals surface area contributed by atoms with Crippen LogP contribution in [0.3, 0.4) is 0 Å². The molecule has 1 aliphatic rings. The van der Waals surface area contributed by atoms with Crippen LogP contribution in [0.4, 0.5) is 11.4 Å². The summed E-state index contributed by atoms with van der Waals surface area (Å²) in [6, 6.07) is 17.7. The summed E-state index contributed by atoms with van der Waals surface area (Å²) >= 11 is 0. The van der Waals surface area contributed by atoms with Gasteiger partial charge in [0.25, 0.3) is 0 Å². The molecule has 3 aromatic carbocycles. The van der Waals surface area contributed by atoms with E-state index in [9.17, 15) is 18.0 Å². The predicted octanol–water partition coefficient (Wildman–Crippen LogP) is 4.60. The number of hydrogen-bond acceptors (Lipinski definition) is 6. The molecule has 8 nitrogen and oxygen atoms in total. The average Bonchev–Trinajstić information content (AvgIpc) is 3.03. The second kappa shape index (κ2) is 10.9. The fourth-order valence-corrected chi connectivity index (χ4v) is 5.44. The Balaban J connectivity index is 1.43. The highest BCUT2D eigenvalue weighted by atomic mass is 32.2. The zero-order valence-electron chi connectivity index (χ0n) is 21.2. The third kappa shape index (κ3) is 6.17. The van der Waals surface area contributed by atoms with Crippen LogP contribution < -0.4 is 15.5 Å². The fourth-order valence-electron chi connectivity index (χ4n) is 4.88. The van der Waals surface area contributed by atoms with Crippen molar-refractivity contribution in [1.82, 2.24) is 9.88 Å². The Labute approximate surface area is 221 Å². The van der Waals surface area contributed by atoms with Gasteiger partial charge in [0.15, 0.2) is 5.43 Å². The van der Waals surface area contributed by atoms with E-state index in [2.05, 4.69) is 19.9 Å². The third-order valence-electron chi connectivity index (χ3n) is 6.77. The van der Waals surface area contributed by atoms with Crippen LogP contribution in [-0.4, -0.2) is 50.1 Å². The van der Waals surface area contributed by atoms with Crippen LogP contribution in [-0.2, 0) is 14.8 Å². The van der Waals surface area contributed by atoms with Gasteiger partial charge in [0.05, 0.1) is 11.8 Å². The second-order valence-corrected chi connectivity index (χ2v) is 11.5. The van der Waals surface area contributed by atoms with Crippen molar-refractivity contribution in [2.75, 3.05) is 35.9 Å². The number of nitrogens with one attached hydrogen (secondary N) is 2. The zero-order chi connectivity index (χ0) is 26.7. The maximum Gasteiger partial charge on any atom is 0.229 e. The molecule has 38 heavy (non-hydrogen) atoms. The molecule has 0 unspecified atom stereocenters. The predicted molar refractivity (Wildman–Crippen MR) is 153 cm³/mol. The van der Waals surface area contributed by atoms with Gasteiger partial charge in [-0.2, -0.15) is 0 Å². The number of fused-ring (bicyclic) bond motifs is 2. The topological polar surface area (TPSA) is 108 Å². The molecule has 0 bridgehead atoms. The van der Waals surface area contributed by atoms with Crippen LogP contribution in [0, 0.1) is 0 Å². The van der Waals surface area contributed by atoms with E-state index in [1.807, 2.05) is 24.3 Å². The van der Waals surface area contributed by atoms with Crippen LogP contribution in [0.1, 0.15) is 25.7 Å². The summed E-state index contributed by atoms with van der Waals surface area (Å²) in [5, 5.41) is 4.49. The number of rotatable bonds is 7. The molecule has 0 atom stereocenters. The number of nitrogens with zero attached hydrogens (tertiary/aromatic N) is 2. The van der Waals surface area contributed by atoms with Crippen LogP contribution >= 0.6 is 0 Å². The molecule has 1 fully saturated rings. The molecule has 1 amide bonds. The van der Waals surface area contributed by atoms with Crippen LogP contribution in [0.15, 0.2) is 71.7 Å². The zero-order valence-corrected chi connectivity index (χ0v) is 22.1. The maximum atomic E-state index is 13.5. The van der Waals surface area contributed by atoms with Gasteiger partial charge in [-0.25, -0.2) is 8.42 Å². The molecule has 1 saturated heterocycles. The molecule has 2 heterocycles. The van der Waals surface area contributed by atoms with E-state index in [0.717, 1.165) is 37.0 Å². The van der Waals surface area contributed by atoms with Crippen molar-refractivity contribution in [3.8, 4) is 11.1 Å². The minimum atomic E-state index is -3.48. The van der Waals surface area contributed by atoms with Gasteiger partial charge in [0.2, 0.25) is 15.9 Å². The summed E-state index contributed by atoms with van der Waals surface area (Å²) in [7, 11) is -3.48. The first-order chi connectivity index (χ1) is 18.2. The third-order valence-corrected chi connectivity index (χ3v) is 7.37. The highest BCUT2D eigenvalue weighted by Gasteiger charge is 2.13. The summed E-state index contributed by atoms with van der Waals surface area (Å²) < 4.78 is 25.8. The van der Waals surface area contributed by atoms with Crippen molar-refractivity contribution in [2.45, 2.75) is 25.7 Å². The first-order valence-corrected chi connectivity index (χ1v) is 14.6. The van der Waals surface area contributed by atoms with Crippen LogP contribution in [0.5, 0.6) is 0 Å². The van der Waals surface area contributed by atoms with Crippen molar-refractivity contribution in [2.24, 2.45) is 0 Å². The minimum Gasteiger partial charge on any atom is -0.326 e. The Morgan fingerprint density at radius 2 is 1.71 bits per heavy atom. The van der Waals surface area contributed by atoms with E-state index >= 15 is 0 Å². The van der Waals surface area contributed by atoms with Gasteiger partial charge in [0.1, 0.15) is 0 Å². The van der Waals surface area contributed by atoms with Crippen LogP contribution in [0.25, 0.3) is 32.8 Å². The highest BCUT2D eigenvalue weighted by molar-refractivity contribution is 7.92. The summed E-state index contributed by atoms with van der Waals surface area (Å²) in [5.74, 6) is -0.0248. The van der Waals surface area contributed by atoms with Gasteiger partial charge in [-0.15, -0.1) is 0 Å². The number of likely N-dealkylation sites (tertiary alicyclic amines) is 1. The summed E-state index contributed by atoms with van der Waals surface area (Å²) in [6.45, 7) is 2.88. The van der Waals surface area contributed by atoms with Crippen molar-refractivity contribution >= 4 is 49.0 Å². The molecule has 9 heteroatoms. The Morgan fingerprint density at radius 1 is 0.921 bits per heavy atom. The number of piperidine rings is 1. The lowest BCUT2D eigenvalue weighted by Gasteiger charge is -2.25. The lowest BCUT2D eigenvalue weighted by molar-refractivity contribution is -0.116.